The van der Waals surface area contributed by atoms with Gasteiger partial charge in [0.1, 0.15) is 0 Å². The fourth-order valence-corrected chi connectivity index (χ4v) is 1.64. The van der Waals surface area contributed by atoms with Crippen LogP contribution in [0.3, 0.4) is 0 Å². The lowest BCUT2D eigenvalue weighted by Gasteiger charge is -2.33. The highest BCUT2D eigenvalue weighted by Crippen LogP contribution is 2.18. The molecule has 0 unspecified atom stereocenters. The van der Waals surface area contributed by atoms with Crippen LogP contribution >= 0.6 is 0 Å². The Balaban J connectivity index is 1.87. The fourth-order valence-electron chi connectivity index (χ4n) is 1.64. The molecule has 0 bridgehead atoms. The summed E-state index contributed by atoms with van der Waals surface area (Å²) in [5, 5.41) is 0. The van der Waals surface area contributed by atoms with Crippen LogP contribution in [-0.2, 0) is 4.74 Å². The zero-order valence-corrected chi connectivity index (χ0v) is 10.1. The van der Waals surface area contributed by atoms with Gasteiger partial charge in [-0.1, -0.05) is 6.08 Å². The van der Waals surface area contributed by atoms with Crippen LogP contribution in [0.5, 0.6) is 0 Å². The van der Waals surface area contributed by atoms with Crippen molar-refractivity contribution in [2.75, 3.05) is 13.1 Å². The molecule has 1 aromatic heterocycles. The largest absolute Gasteiger partial charge is 0.447 e. The summed E-state index contributed by atoms with van der Waals surface area (Å²) in [6.07, 6.45) is 5.31. The lowest BCUT2D eigenvalue weighted by molar-refractivity contribution is 0.0719. The third-order valence-corrected chi connectivity index (χ3v) is 2.46. The van der Waals surface area contributed by atoms with Crippen molar-refractivity contribution >= 4 is 12.2 Å². The average Bonchev–Trinajstić information content (AvgIpc) is 2.23. The van der Waals surface area contributed by atoms with E-state index in [9.17, 15) is 4.79 Å². The number of hydrogen-bond acceptors (Lipinski definition) is 3. The van der Waals surface area contributed by atoms with Crippen LogP contribution in [-0.4, -0.2) is 35.2 Å². The maximum atomic E-state index is 11.5. The second kappa shape index (κ2) is 4.99. The van der Waals surface area contributed by atoms with Crippen LogP contribution < -0.4 is 0 Å². The number of rotatable bonds is 2. The molecule has 0 saturated carbocycles. The van der Waals surface area contributed by atoms with Gasteiger partial charge in [-0.25, -0.2) is 4.79 Å². The van der Waals surface area contributed by atoms with Gasteiger partial charge in [-0.2, -0.15) is 0 Å². The normalized spacial score (nSPS) is 14.5. The van der Waals surface area contributed by atoms with Gasteiger partial charge >= 0.3 is 6.09 Å². The third kappa shape index (κ3) is 3.06. The predicted octanol–water partition coefficient (Wildman–Crippen LogP) is 2.33. The molecule has 0 aromatic carbocycles. The topological polar surface area (TPSA) is 42.4 Å². The van der Waals surface area contributed by atoms with E-state index in [1.54, 1.807) is 17.3 Å². The third-order valence-electron chi connectivity index (χ3n) is 2.46. The van der Waals surface area contributed by atoms with E-state index in [1.807, 2.05) is 26.0 Å². The van der Waals surface area contributed by atoms with E-state index >= 15 is 0 Å². The summed E-state index contributed by atoms with van der Waals surface area (Å²) < 4.78 is 5.10. The Morgan fingerprint density at radius 2 is 2.06 bits per heavy atom. The highest BCUT2D eigenvalue weighted by Gasteiger charge is 2.26. The number of carbonyl (C=O) groups excluding carboxylic acids is 1. The second-order valence-corrected chi connectivity index (χ2v) is 4.37. The molecular formula is C13H16N2O2. The van der Waals surface area contributed by atoms with E-state index < -0.39 is 0 Å². The quantitative estimate of drug-likeness (QED) is 0.786. The van der Waals surface area contributed by atoms with Crippen LogP contribution in [0.4, 0.5) is 4.79 Å². The Labute approximate surface area is 101 Å². The molecule has 0 spiro atoms. The molecule has 17 heavy (non-hydrogen) atoms. The molecule has 1 aliphatic heterocycles. The average molecular weight is 232 g/mol. The summed E-state index contributed by atoms with van der Waals surface area (Å²) in [6.45, 7) is 5.03. The van der Waals surface area contributed by atoms with Gasteiger partial charge in [-0.3, -0.25) is 4.98 Å². The first-order valence-corrected chi connectivity index (χ1v) is 5.70. The maximum Gasteiger partial charge on any atom is 0.410 e. The van der Waals surface area contributed by atoms with Crippen molar-refractivity contribution < 1.29 is 9.53 Å². The fraction of sp³-hybridized carbons (Fsp3) is 0.385. The smallest absolute Gasteiger partial charge is 0.410 e. The Morgan fingerprint density at radius 1 is 1.41 bits per heavy atom. The zero-order valence-electron chi connectivity index (χ0n) is 10.1. The SMILES string of the molecule is CC(C)OC(=O)N1CC(=Cc2ccncc2)C1. The number of carbonyl (C=O) groups is 1. The first-order chi connectivity index (χ1) is 8.15. The minimum absolute atomic E-state index is 0.0595. The van der Waals surface area contributed by atoms with Crippen molar-refractivity contribution in [3.8, 4) is 0 Å². The molecule has 4 nitrogen and oxygen atoms in total. The van der Waals surface area contributed by atoms with E-state index in [1.165, 1.54) is 5.57 Å². The standard InChI is InChI=1S/C13H16N2O2/c1-10(2)17-13(16)15-8-12(9-15)7-11-3-5-14-6-4-11/h3-7,10H,8-9H2,1-2H3. The molecule has 1 fully saturated rings. The van der Waals surface area contributed by atoms with Crippen LogP contribution in [0.1, 0.15) is 19.4 Å². The van der Waals surface area contributed by atoms with E-state index in [0.717, 1.165) is 5.56 Å². The van der Waals surface area contributed by atoms with Crippen molar-refractivity contribution in [2.24, 2.45) is 0 Å². The summed E-state index contributed by atoms with van der Waals surface area (Å²) in [7, 11) is 0. The first kappa shape index (κ1) is 11.6. The highest BCUT2D eigenvalue weighted by molar-refractivity contribution is 5.72. The van der Waals surface area contributed by atoms with Gasteiger partial charge in [-0.15, -0.1) is 0 Å². The molecule has 90 valence electrons. The van der Waals surface area contributed by atoms with Crippen LogP contribution in [0, 0.1) is 0 Å². The van der Waals surface area contributed by atoms with Gasteiger partial charge in [-0.05, 0) is 37.1 Å². The lowest BCUT2D eigenvalue weighted by Crippen LogP contribution is -2.45. The maximum absolute atomic E-state index is 11.5. The molecular weight excluding hydrogens is 216 g/mol. The van der Waals surface area contributed by atoms with Crippen molar-refractivity contribution in [1.82, 2.24) is 9.88 Å². The first-order valence-electron chi connectivity index (χ1n) is 5.70. The van der Waals surface area contributed by atoms with Crippen molar-refractivity contribution in [2.45, 2.75) is 20.0 Å². The highest BCUT2D eigenvalue weighted by atomic mass is 16.6. The van der Waals surface area contributed by atoms with E-state index in [2.05, 4.69) is 11.1 Å². The Kier molecular flexibility index (Phi) is 3.42. The number of aromatic nitrogens is 1. The molecule has 2 rings (SSSR count). The summed E-state index contributed by atoms with van der Waals surface area (Å²) >= 11 is 0. The minimum atomic E-state index is -0.230. The van der Waals surface area contributed by atoms with Crippen LogP contribution in [0.25, 0.3) is 6.08 Å². The van der Waals surface area contributed by atoms with Crippen LogP contribution in [0.2, 0.25) is 0 Å². The van der Waals surface area contributed by atoms with Gasteiger partial charge in [0.25, 0.3) is 0 Å². The molecule has 1 amide bonds. The van der Waals surface area contributed by atoms with Gasteiger partial charge in [0.15, 0.2) is 0 Å². The molecule has 0 aliphatic carbocycles. The summed E-state index contributed by atoms with van der Waals surface area (Å²) in [5.41, 5.74) is 2.35. The Bertz CT molecular complexity index is 418. The lowest BCUT2D eigenvalue weighted by atomic mass is 10.1. The number of amides is 1. The van der Waals surface area contributed by atoms with Crippen molar-refractivity contribution in [3.63, 3.8) is 0 Å². The summed E-state index contributed by atoms with van der Waals surface area (Å²) in [6, 6.07) is 3.89. The predicted molar refractivity (Wildman–Crippen MR) is 65.4 cm³/mol. The van der Waals surface area contributed by atoms with Crippen molar-refractivity contribution in [1.29, 1.82) is 0 Å². The number of nitrogens with zero attached hydrogens (tertiary/aromatic N) is 2. The minimum Gasteiger partial charge on any atom is -0.447 e. The second-order valence-electron chi connectivity index (χ2n) is 4.37. The monoisotopic (exact) mass is 232 g/mol. The molecule has 2 heterocycles. The molecule has 1 saturated heterocycles. The molecule has 0 atom stereocenters. The molecule has 4 heteroatoms. The Morgan fingerprint density at radius 3 is 2.65 bits per heavy atom. The van der Waals surface area contributed by atoms with E-state index in [4.69, 9.17) is 4.74 Å². The van der Waals surface area contributed by atoms with Crippen LogP contribution in [0.15, 0.2) is 30.1 Å². The molecule has 0 N–H and O–H groups in total. The summed E-state index contributed by atoms with van der Waals surface area (Å²) in [4.78, 5) is 17.1. The number of likely N-dealkylation sites (tertiary alicyclic amines) is 1. The van der Waals surface area contributed by atoms with Crippen molar-refractivity contribution in [3.05, 3.63) is 35.7 Å². The van der Waals surface area contributed by atoms with Gasteiger partial charge < -0.3 is 9.64 Å². The Hall–Kier alpha value is -1.84. The van der Waals surface area contributed by atoms with Gasteiger partial charge in [0.05, 0.1) is 6.10 Å². The number of hydrogen-bond donors (Lipinski definition) is 0. The van der Waals surface area contributed by atoms with E-state index in [0.29, 0.717) is 13.1 Å². The zero-order chi connectivity index (χ0) is 12.3. The number of ether oxygens (including phenoxy) is 1. The molecule has 1 aromatic rings. The number of pyridine rings is 1. The van der Waals surface area contributed by atoms with Gasteiger partial charge in [0, 0.05) is 25.5 Å². The summed E-state index contributed by atoms with van der Waals surface area (Å²) in [5.74, 6) is 0. The van der Waals surface area contributed by atoms with Gasteiger partial charge in [0.2, 0.25) is 0 Å². The molecule has 1 aliphatic rings. The van der Waals surface area contributed by atoms with E-state index in [-0.39, 0.29) is 12.2 Å². The molecule has 0 radical (unpaired) electrons.